The molecule has 0 radical (unpaired) electrons. The van der Waals surface area contributed by atoms with Gasteiger partial charge in [0.1, 0.15) is 0 Å². The summed E-state index contributed by atoms with van der Waals surface area (Å²) in [6, 6.07) is 0. The topological polar surface area (TPSA) is 80.3 Å². The zero-order valence-electron chi connectivity index (χ0n) is 3.51. The molecular formula is MnNaO4Si+3. The largest absolute Gasteiger partial charge is 4.00 e. The summed E-state index contributed by atoms with van der Waals surface area (Å²) < 4.78 is 34.3. The first kappa shape index (κ1) is 15.7. The molecule has 33 valence electrons. The summed E-state index contributed by atoms with van der Waals surface area (Å²) in [5, 5.41) is 0. The molecule has 0 unspecified atom stereocenters. The Balaban J connectivity index is -0.0000000800. The van der Waals surface area contributed by atoms with Crippen molar-refractivity contribution >= 4 is 11.0 Å². The predicted octanol–water partition coefficient (Wildman–Crippen LogP) is -5.99. The van der Waals surface area contributed by atoms with Gasteiger partial charge in [-0.1, -0.05) is 0 Å². The van der Waals surface area contributed by atoms with Gasteiger partial charge >= 0.3 is 69.9 Å². The van der Waals surface area contributed by atoms with Crippen LogP contribution in [-0.4, -0.2) is 11.0 Å². The molecule has 0 bridgehead atoms. The smallest absolute Gasteiger partial charge is 4.00 e. The van der Waals surface area contributed by atoms with Gasteiger partial charge in [-0.15, -0.1) is 0 Å². The molecule has 0 N–H and O–H groups in total. The van der Waals surface area contributed by atoms with Crippen molar-refractivity contribution in [2.45, 2.75) is 0 Å². The standard InChI is InChI=1S/Mn.Na.4O.Si/q;+1;;;2*-1;+4. The van der Waals surface area contributed by atoms with E-state index in [4.69, 9.17) is 16.0 Å². The third-order valence-corrected chi connectivity index (χ3v) is 0. The van der Waals surface area contributed by atoms with Crippen molar-refractivity contribution in [2.24, 2.45) is 0 Å². The van der Waals surface area contributed by atoms with Crippen LogP contribution >= 0.6 is 0 Å². The zero-order chi connectivity index (χ0) is 4.50. The Hall–Kier alpha value is 1.26. The SMILES string of the molecule is [Na+].[O]=[Mn](=[O])([O-])[O-].[Si+4]. The fourth-order valence-electron chi connectivity index (χ4n) is 0. The molecule has 0 atom stereocenters. The molecule has 0 aliphatic carbocycles. The molecule has 0 heterocycles. The molecule has 0 saturated heterocycles. The monoisotopic (exact) mass is 170 g/mol. The fourth-order valence-corrected chi connectivity index (χ4v) is 0. The van der Waals surface area contributed by atoms with Gasteiger partial charge in [-0.3, -0.25) is 0 Å². The Kier molecular flexibility index (Phi) is 12.1. The predicted molar refractivity (Wildman–Crippen MR) is 7.13 cm³/mol. The van der Waals surface area contributed by atoms with Crippen molar-refractivity contribution in [1.29, 1.82) is 0 Å². The zero-order valence-corrected chi connectivity index (χ0v) is 7.69. The maximum atomic E-state index is 8.58. The van der Waals surface area contributed by atoms with Gasteiger partial charge in [0.2, 0.25) is 0 Å². The molecule has 7 heteroatoms. The molecule has 0 rings (SSSR count). The third-order valence-electron chi connectivity index (χ3n) is 0. The Morgan fingerprint density at radius 2 is 1.14 bits per heavy atom. The van der Waals surface area contributed by atoms with Gasteiger partial charge in [0.05, 0.1) is 0 Å². The van der Waals surface area contributed by atoms with Crippen LogP contribution in [0, 0.1) is 0 Å². The molecule has 0 amide bonds. The van der Waals surface area contributed by atoms with Crippen molar-refractivity contribution in [1.82, 2.24) is 0 Å². The second kappa shape index (κ2) is 5.39. The number of hydrogen-bond acceptors (Lipinski definition) is 4. The normalized spacial score (nSPS) is 8.29. The molecular weight excluding hydrogens is 170 g/mol. The minimum atomic E-state index is -5.62. The Morgan fingerprint density at radius 3 is 1.14 bits per heavy atom. The van der Waals surface area contributed by atoms with Crippen LogP contribution in [0.3, 0.4) is 0 Å². The van der Waals surface area contributed by atoms with Gasteiger partial charge in [-0.05, 0) is 0 Å². The van der Waals surface area contributed by atoms with Crippen LogP contribution in [0.4, 0.5) is 0 Å². The van der Waals surface area contributed by atoms with Crippen LogP contribution in [0.1, 0.15) is 0 Å². The number of hydrogen-bond donors (Lipinski definition) is 0. The van der Waals surface area contributed by atoms with Crippen LogP contribution < -0.4 is 37.9 Å². The molecule has 0 aromatic heterocycles. The summed E-state index contributed by atoms with van der Waals surface area (Å²) in [7, 11) is 0. The Labute approximate surface area is 69.5 Å². The van der Waals surface area contributed by atoms with Gasteiger partial charge in [-0.25, -0.2) is 0 Å². The first-order valence-electron chi connectivity index (χ1n) is 0.617. The van der Waals surface area contributed by atoms with Crippen LogP contribution in [-0.2, 0) is 21.0 Å². The molecule has 0 saturated carbocycles. The third kappa shape index (κ3) is 127. The summed E-state index contributed by atoms with van der Waals surface area (Å²) in [5.74, 6) is 0. The van der Waals surface area contributed by atoms with Gasteiger partial charge in [-0.2, -0.15) is 0 Å². The van der Waals surface area contributed by atoms with Crippen molar-refractivity contribution in [3.63, 3.8) is 0 Å². The van der Waals surface area contributed by atoms with E-state index in [9.17, 15) is 0 Å². The second-order valence-corrected chi connectivity index (χ2v) is 1.56. The van der Waals surface area contributed by atoms with Gasteiger partial charge < -0.3 is 0 Å². The number of rotatable bonds is 0. The maximum Gasteiger partial charge on any atom is 4.00 e. The van der Waals surface area contributed by atoms with Crippen LogP contribution in [0.15, 0.2) is 0 Å². The van der Waals surface area contributed by atoms with E-state index in [1.165, 1.54) is 0 Å². The quantitative estimate of drug-likeness (QED) is 0.339. The first-order chi connectivity index (χ1) is 2.00. The van der Waals surface area contributed by atoms with E-state index >= 15 is 0 Å². The second-order valence-electron chi connectivity index (χ2n) is 0.378. The summed E-state index contributed by atoms with van der Waals surface area (Å²) in [5.41, 5.74) is 0. The summed E-state index contributed by atoms with van der Waals surface area (Å²) in [6.45, 7) is 0. The van der Waals surface area contributed by atoms with Gasteiger partial charge in [0.25, 0.3) is 0 Å². The fraction of sp³-hybridized carbons (Fsp3) is 0. The van der Waals surface area contributed by atoms with E-state index in [0.29, 0.717) is 0 Å². The van der Waals surface area contributed by atoms with Crippen LogP contribution in [0.5, 0.6) is 0 Å². The van der Waals surface area contributed by atoms with E-state index in [-0.39, 0.29) is 40.5 Å². The molecule has 0 aromatic carbocycles. The van der Waals surface area contributed by atoms with Crippen molar-refractivity contribution in [3.05, 3.63) is 0 Å². The van der Waals surface area contributed by atoms with E-state index in [1.54, 1.807) is 0 Å². The maximum absolute atomic E-state index is 8.58. The average molecular weight is 170 g/mol. The van der Waals surface area contributed by atoms with Crippen molar-refractivity contribution < 1.29 is 59.0 Å². The summed E-state index contributed by atoms with van der Waals surface area (Å²) >= 11 is -5.62. The molecule has 0 fully saturated rings. The van der Waals surface area contributed by atoms with Crippen molar-refractivity contribution in [2.75, 3.05) is 0 Å². The molecule has 7 heavy (non-hydrogen) atoms. The summed E-state index contributed by atoms with van der Waals surface area (Å²) in [6.07, 6.45) is 0. The molecule has 4 nitrogen and oxygen atoms in total. The average Bonchev–Trinajstić information content (AvgIpc) is 0.722. The van der Waals surface area contributed by atoms with E-state index in [0.717, 1.165) is 0 Å². The molecule has 0 aromatic rings. The summed E-state index contributed by atoms with van der Waals surface area (Å²) in [4.78, 5) is 0. The Morgan fingerprint density at radius 1 is 1.14 bits per heavy atom. The molecule has 0 spiro atoms. The molecule has 0 aliphatic heterocycles. The van der Waals surface area contributed by atoms with Crippen LogP contribution in [0.25, 0.3) is 0 Å². The van der Waals surface area contributed by atoms with E-state index in [1.807, 2.05) is 0 Å². The van der Waals surface area contributed by atoms with E-state index in [2.05, 4.69) is 0 Å². The first-order valence-corrected chi connectivity index (χ1v) is 2.54. The van der Waals surface area contributed by atoms with Crippen LogP contribution in [0.2, 0.25) is 0 Å². The van der Waals surface area contributed by atoms with Gasteiger partial charge in [0, 0.05) is 0 Å². The molecule has 0 aliphatic rings. The minimum absolute atomic E-state index is 0. The van der Waals surface area contributed by atoms with E-state index < -0.39 is 13.4 Å². The van der Waals surface area contributed by atoms with Gasteiger partial charge in [0.15, 0.2) is 0 Å². The minimum Gasteiger partial charge on any atom is 4.00 e. The van der Waals surface area contributed by atoms with Crippen molar-refractivity contribution in [3.8, 4) is 0 Å². The Bertz CT molecular complexity index is 94.9.